The predicted molar refractivity (Wildman–Crippen MR) is 91.1 cm³/mol. The molecule has 3 heterocycles. The van der Waals surface area contributed by atoms with E-state index in [2.05, 4.69) is 9.97 Å². The van der Waals surface area contributed by atoms with Crippen molar-refractivity contribution in [3.05, 3.63) is 69.7 Å². The number of esters is 1. The first kappa shape index (κ1) is 14.6. The third-order valence-corrected chi connectivity index (χ3v) is 4.50. The number of H-pyrrole nitrogens is 1. The van der Waals surface area contributed by atoms with Gasteiger partial charge in [-0.2, -0.15) is 0 Å². The summed E-state index contributed by atoms with van der Waals surface area (Å²) in [5, 5.41) is 2.79. The number of hydrogen-bond acceptors (Lipinski definition) is 5. The Hall–Kier alpha value is -2.93. The number of hydrogen-bond donors (Lipinski definition) is 1. The van der Waals surface area contributed by atoms with E-state index in [9.17, 15) is 9.59 Å². The molecule has 4 rings (SSSR count). The van der Waals surface area contributed by atoms with Crippen LogP contribution in [-0.4, -0.2) is 20.3 Å². The molecule has 6 nitrogen and oxygen atoms in total. The number of nitrogens with one attached hydrogen (secondary N) is 1. The van der Waals surface area contributed by atoms with Crippen LogP contribution in [0.3, 0.4) is 0 Å². The van der Waals surface area contributed by atoms with Gasteiger partial charge in [0.25, 0.3) is 5.56 Å². The maximum absolute atomic E-state index is 12.1. The van der Waals surface area contributed by atoms with E-state index < -0.39 is 0 Å². The second kappa shape index (κ2) is 5.93. The standard InChI is InChI=1S/C17H13N3O3S/c21-15-8-12(19-17-20(15)5-6-24-17)10-23-16(22)7-11-9-18-14-4-2-1-3-13(11)14/h1-6,8-9,18H,7,10H2. The van der Waals surface area contributed by atoms with E-state index >= 15 is 0 Å². The number of aromatic amines is 1. The Bertz CT molecular complexity index is 1090. The minimum Gasteiger partial charge on any atom is -0.459 e. The van der Waals surface area contributed by atoms with Crippen LogP contribution >= 0.6 is 11.3 Å². The summed E-state index contributed by atoms with van der Waals surface area (Å²) in [7, 11) is 0. The first-order valence-electron chi connectivity index (χ1n) is 7.37. The van der Waals surface area contributed by atoms with Crippen molar-refractivity contribution < 1.29 is 9.53 Å². The number of ether oxygens (including phenoxy) is 1. The minimum atomic E-state index is -0.354. The first-order valence-corrected chi connectivity index (χ1v) is 8.25. The molecule has 0 spiro atoms. The third kappa shape index (κ3) is 2.69. The molecule has 0 amide bonds. The van der Waals surface area contributed by atoms with E-state index in [-0.39, 0.29) is 24.6 Å². The quantitative estimate of drug-likeness (QED) is 0.580. The van der Waals surface area contributed by atoms with Gasteiger partial charge in [-0.05, 0) is 11.6 Å². The molecule has 0 atom stereocenters. The van der Waals surface area contributed by atoms with Gasteiger partial charge in [-0.25, -0.2) is 4.98 Å². The lowest BCUT2D eigenvalue weighted by atomic mass is 10.1. The van der Waals surface area contributed by atoms with Crippen molar-refractivity contribution in [1.29, 1.82) is 0 Å². The molecular formula is C17H13N3O3S. The highest BCUT2D eigenvalue weighted by Gasteiger charge is 2.11. The van der Waals surface area contributed by atoms with Crippen LogP contribution in [0, 0.1) is 0 Å². The largest absolute Gasteiger partial charge is 0.459 e. The summed E-state index contributed by atoms with van der Waals surface area (Å²) in [6.45, 7) is -0.00910. The van der Waals surface area contributed by atoms with Crippen LogP contribution in [0.15, 0.2) is 52.9 Å². The van der Waals surface area contributed by atoms with Crippen molar-refractivity contribution in [2.24, 2.45) is 0 Å². The van der Waals surface area contributed by atoms with Gasteiger partial charge in [0.15, 0.2) is 4.96 Å². The van der Waals surface area contributed by atoms with Gasteiger partial charge in [0.2, 0.25) is 0 Å². The van der Waals surface area contributed by atoms with E-state index in [1.54, 1.807) is 11.6 Å². The van der Waals surface area contributed by atoms with Crippen LogP contribution in [0.25, 0.3) is 15.9 Å². The normalized spacial score (nSPS) is 11.2. The average Bonchev–Trinajstić information content (AvgIpc) is 3.21. The Balaban J connectivity index is 1.47. The van der Waals surface area contributed by atoms with Crippen LogP contribution in [0.4, 0.5) is 0 Å². The summed E-state index contributed by atoms with van der Waals surface area (Å²) in [4.78, 5) is 32.0. The predicted octanol–water partition coefficient (Wildman–Crippen LogP) is 2.52. The summed E-state index contributed by atoms with van der Waals surface area (Å²) in [6, 6.07) is 9.17. The molecular weight excluding hydrogens is 326 g/mol. The molecule has 24 heavy (non-hydrogen) atoms. The van der Waals surface area contributed by atoms with Crippen LogP contribution in [0.5, 0.6) is 0 Å². The summed E-state index contributed by atoms with van der Waals surface area (Å²) in [6.07, 6.45) is 3.65. The monoisotopic (exact) mass is 339 g/mol. The zero-order chi connectivity index (χ0) is 16.5. The van der Waals surface area contributed by atoms with E-state index in [1.165, 1.54) is 21.8 Å². The minimum absolute atomic E-state index is 0.00910. The molecule has 0 fully saturated rings. The van der Waals surface area contributed by atoms with Gasteiger partial charge in [0.1, 0.15) is 6.61 Å². The smallest absolute Gasteiger partial charge is 0.310 e. The number of carbonyl (C=O) groups is 1. The summed E-state index contributed by atoms with van der Waals surface area (Å²) < 4.78 is 6.73. The molecule has 0 radical (unpaired) electrons. The van der Waals surface area contributed by atoms with Gasteiger partial charge in [-0.1, -0.05) is 18.2 Å². The van der Waals surface area contributed by atoms with Gasteiger partial charge < -0.3 is 9.72 Å². The number of thiazole rings is 1. The van der Waals surface area contributed by atoms with Crippen LogP contribution in [0.2, 0.25) is 0 Å². The molecule has 1 N–H and O–H groups in total. The van der Waals surface area contributed by atoms with Crippen LogP contribution in [0.1, 0.15) is 11.3 Å². The lowest BCUT2D eigenvalue weighted by Gasteiger charge is -2.04. The number of benzene rings is 1. The molecule has 0 saturated carbocycles. The van der Waals surface area contributed by atoms with Crippen molar-refractivity contribution in [3.63, 3.8) is 0 Å². The summed E-state index contributed by atoms with van der Waals surface area (Å²) >= 11 is 1.36. The lowest BCUT2D eigenvalue weighted by molar-refractivity contribution is -0.144. The number of para-hydroxylation sites is 1. The van der Waals surface area contributed by atoms with Crippen molar-refractivity contribution >= 4 is 33.2 Å². The average molecular weight is 339 g/mol. The van der Waals surface area contributed by atoms with Crippen LogP contribution in [-0.2, 0) is 22.6 Å². The Morgan fingerprint density at radius 2 is 2.21 bits per heavy atom. The number of aromatic nitrogens is 3. The maximum atomic E-state index is 12.1. The fraction of sp³-hybridized carbons (Fsp3) is 0.118. The second-order valence-corrected chi connectivity index (χ2v) is 6.21. The van der Waals surface area contributed by atoms with E-state index in [1.807, 2.05) is 30.5 Å². The molecule has 0 unspecified atom stereocenters. The number of carbonyl (C=O) groups excluding carboxylic acids is 1. The maximum Gasteiger partial charge on any atom is 0.310 e. The van der Waals surface area contributed by atoms with Crippen LogP contribution < -0.4 is 5.56 Å². The fourth-order valence-corrected chi connectivity index (χ4v) is 3.34. The Morgan fingerprint density at radius 1 is 1.33 bits per heavy atom. The highest BCUT2D eigenvalue weighted by molar-refractivity contribution is 7.15. The molecule has 0 aliphatic rings. The van der Waals surface area contributed by atoms with Crippen molar-refractivity contribution in [2.75, 3.05) is 0 Å². The molecule has 0 aliphatic carbocycles. The Morgan fingerprint density at radius 3 is 3.12 bits per heavy atom. The van der Waals surface area contributed by atoms with Gasteiger partial charge in [0.05, 0.1) is 12.1 Å². The SMILES string of the molecule is O=C(Cc1c[nH]c2ccccc12)OCc1cc(=O)n2ccsc2n1. The zero-order valence-corrected chi connectivity index (χ0v) is 13.4. The zero-order valence-electron chi connectivity index (χ0n) is 12.6. The van der Waals surface area contributed by atoms with Crippen molar-refractivity contribution in [2.45, 2.75) is 13.0 Å². The molecule has 1 aromatic carbocycles. The number of fused-ring (bicyclic) bond motifs is 2. The molecule has 0 bridgehead atoms. The highest BCUT2D eigenvalue weighted by atomic mass is 32.1. The molecule has 4 aromatic rings. The summed E-state index contributed by atoms with van der Waals surface area (Å²) in [5.41, 5.74) is 2.15. The number of rotatable bonds is 4. The first-order chi connectivity index (χ1) is 11.7. The molecule has 0 aliphatic heterocycles. The van der Waals surface area contributed by atoms with E-state index in [0.717, 1.165) is 16.5 Å². The Kier molecular flexibility index (Phi) is 3.62. The van der Waals surface area contributed by atoms with Gasteiger partial charge in [0, 0.05) is 34.7 Å². The molecule has 120 valence electrons. The molecule has 7 heteroatoms. The Labute approximate surface area is 140 Å². The fourth-order valence-electron chi connectivity index (χ4n) is 2.60. The molecule has 0 saturated heterocycles. The topological polar surface area (TPSA) is 76.5 Å². The third-order valence-electron chi connectivity index (χ3n) is 3.75. The second-order valence-electron chi connectivity index (χ2n) is 5.34. The van der Waals surface area contributed by atoms with E-state index in [0.29, 0.717) is 10.7 Å². The van der Waals surface area contributed by atoms with Crippen molar-refractivity contribution in [3.8, 4) is 0 Å². The van der Waals surface area contributed by atoms with Gasteiger partial charge in [-0.3, -0.25) is 14.0 Å². The molecule has 3 aromatic heterocycles. The summed E-state index contributed by atoms with van der Waals surface area (Å²) in [5.74, 6) is -0.354. The van der Waals surface area contributed by atoms with Gasteiger partial charge >= 0.3 is 5.97 Å². The number of nitrogens with zero attached hydrogens (tertiary/aromatic N) is 2. The van der Waals surface area contributed by atoms with Gasteiger partial charge in [-0.15, -0.1) is 11.3 Å². The van der Waals surface area contributed by atoms with Crippen molar-refractivity contribution in [1.82, 2.24) is 14.4 Å². The lowest BCUT2D eigenvalue weighted by Crippen LogP contribution is -2.15. The highest BCUT2D eigenvalue weighted by Crippen LogP contribution is 2.18. The van der Waals surface area contributed by atoms with E-state index in [4.69, 9.17) is 4.74 Å².